The zero-order valence-electron chi connectivity index (χ0n) is 20.5. The predicted molar refractivity (Wildman–Crippen MR) is 146 cm³/mol. The minimum atomic E-state index is -3.92. The normalized spacial score (nSPS) is 16.8. The standard InChI is InChI=1S/C29H30N2O3S2/c1-3-21(2)31(36(33,34)27-15-9-13-22-10-7-8-14-24(22)27)20-28(32)30-18-16-26-25(17-19-35-26)29(30)23-11-5-4-6-12-23/h4-15,17,19,21,29H,3,16,18,20H2,1-2H3/t21-,29+/m0/s1. The van der Waals surface area contributed by atoms with Crippen molar-refractivity contribution < 1.29 is 13.2 Å². The lowest BCUT2D eigenvalue weighted by Crippen LogP contribution is -2.49. The summed E-state index contributed by atoms with van der Waals surface area (Å²) in [5.41, 5.74) is 2.18. The fraction of sp³-hybridized carbons (Fsp3) is 0.276. The lowest BCUT2D eigenvalue weighted by Gasteiger charge is -2.38. The van der Waals surface area contributed by atoms with E-state index in [4.69, 9.17) is 0 Å². The fourth-order valence-electron chi connectivity index (χ4n) is 5.03. The summed E-state index contributed by atoms with van der Waals surface area (Å²) in [6, 6.07) is 24.3. The number of hydrogen-bond acceptors (Lipinski definition) is 4. The zero-order chi connectivity index (χ0) is 25.3. The molecule has 5 rings (SSSR count). The van der Waals surface area contributed by atoms with Crippen LogP contribution in [0.2, 0.25) is 0 Å². The molecule has 0 N–H and O–H groups in total. The first-order valence-corrected chi connectivity index (χ1v) is 14.6. The summed E-state index contributed by atoms with van der Waals surface area (Å²) in [5.74, 6) is -0.176. The molecule has 0 bridgehead atoms. The molecule has 0 unspecified atom stereocenters. The Morgan fingerprint density at radius 1 is 1.03 bits per heavy atom. The minimum Gasteiger partial charge on any atom is -0.330 e. The molecule has 1 aliphatic rings. The molecule has 1 amide bonds. The Bertz CT molecular complexity index is 1480. The van der Waals surface area contributed by atoms with Gasteiger partial charge in [-0.15, -0.1) is 11.3 Å². The summed E-state index contributed by atoms with van der Waals surface area (Å²) in [7, 11) is -3.92. The Labute approximate surface area is 217 Å². The number of amides is 1. The minimum absolute atomic E-state index is 0.176. The topological polar surface area (TPSA) is 57.7 Å². The van der Waals surface area contributed by atoms with Crippen molar-refractivity contribution in [3.8, 4) is 0 Å². The smallest absolute Gasteiger partial charge is 0.244 e. The van der Waals surface area contributed by atoms with Gasteiger partial charge in [0.1, 0.15) is 0 Å². The van der Waals surface area contributed by atoms with Gasteiger partial charge in [0.25, 0.3) is 0 Å². The molecule has 3 aromatic carbocycles. The van der Waals surface area contributed by atoms with Crippen molar-refractivity contribution in [2.75, 3.05) is 13.1 Å². The van der Waals surface area contributed by atoms with E-state index < -0.39 is 10.0 Å². The van der Waals surface area contributed by atoms with E-state index in [9.17, 15) is 13.2 Å². The number of hydrogen-bond donors (Lipinski definition) is 0. The Hall–Kier alpha value is -3.00. The molecular weight excluding hydrogens is 488 g/mol. The van der Waals surface area contributed by atoms with Gasteiger partial charge >= 0.3 is 0 Å². The molecule has 2 heterocycles. The second-order valence-electron chi connectivity index (χ2n) is 9.23. The number of carbonyl (C=O) groups is 1. The quantitative estimate of drug-likeness (QED) is 0.308. The molecular formula is C29H30N2O3S2. The van der Waals surface area contributed by atoms with Gasteiger partial charge in [-0.1, -0.05) is 73.7 Å². The first-order chi connectivity index (χ1) is 17.4. The van der Waals surface area contributed by atoms with Crippen LogP contribution in [0, 0.1) is 0 Å². The van der Waals surface area contributed by atoms with Gasteiger partial charge in [0.05, 0.1) is 17.5 Å². The van der Waals surface area contributed by atoms with Crippen molar-refractivity contribution in [1.29, 1.82) is 0 Å². The van der Waals surface area contributed by atoms with E-state index >= 15 is 0 Å². The molecule has 4 aromatic rings. The third kappa shape index (κ3) is 4.47. The van der Waals surface area contributed by atoms with Crippen LogP contribution in [0.1, 0.15) is 42.3 Å². The Kier molecular flexibility index (Phi) is 6.97. The molecule has 1 aliphatic heterocycles. The molecule has 0 saturated carbocycles. The van der Waals surface area contributed by atoms with E-state index in [2.05, 4.69) is 11.4 Å². The monoisotopic (exact) mass is 518 g/mol. The number of thiophene rings is 1. The molecule has 0 aliphatic carbocycles. The van der Waals surface area contributed by atoms with Crippen molar-refractivity contribution in [2.45, 2.75) is 43.7 Å². The summed E-state index contributed by atoms with van der Waals surface area (Å²) in [4.78, 5) is 17.3. The van der Waals surface area contributed by atoms with Crippen molar-refractivity contribution in [2.24, 2.45) is 0 Å². The highest BCUT2D eigenvalue weighted by molar-refractivity contribution is 7.89. The Balaban J connectivity index is 1.52. The first kappa shape index (κ1) is 24.7. The number of rotatable bonds is 7. The van der Waals surface area contributed by atoms with Gasteiger partial charge in [0.15, 0.2) is 0 Å². The average molecular weight is 519 g/mol. The predicted octanol–water partition coefficient (Wildman–Crippen LogP) is 5.86. The third-order valence-electron chi connectivity index (χ3n) is 7.11. The highest BCUT2D eigenvalue weighted by atomic mass is 32.2. The summed E-state index contributed by atoms with van der Waals surface area (Å²) in [5, 5.41) is 3.60. The van der Waals surface area contributed by atoms with Crippen LogP contribution in [0.3, 0.4) is 0 Å². The lowest BCUT2D eigenvalue weighted by molar-refractivity contribution is -0.133. The molecule has 0 saturated heterocycles. The van der Waals surface area contributed by atoms with Gasteiger partial charge in [0.2, 0.25) is 15.9 Å². The molecule has 0 fully saturated rings. The van der Waals surface area contributed by atoms with Crippen LogP contribution in [-0.2, 0) is 21.2 Å². The summed E-state index contributed by atoms with van der Waals surface area (Å²) in [6.45, 7) is 4.20. The van der Waals surface area contributed by atoms with Crippen molar-refractivity contribution >= 4 is 38.0 Å². The van der Waals surface area contributed by atoms with Crippen molar-refractivity contribution in [3.63, 3.8) is 0 Å². The van der Waals surface area contributed by atoms with Crippen LogP contribution in [0.5, 0.6) is 0 Å². The van der Waals surface area contributed by atoms with Gasteiger partial charge in [-0.05, 0) is 53.8 Å². The number of sulfonamides is 1. The highest BCUT2D eigenvalue weighted by Crippen LogP contribution is 2.38. The maximum atomic E-state index is 14.0. The molecule has 5 nitrogen and oxygen atoms in total. The lowest BCUT2D eigenvalue weighted by atomic mass is 9.93. The molecule has 2 atom stereocenters. The van der Waals surface area contributed by atoms with Gasteiger partial charge in [0, 0.05) is 22.8 Å². The molecule has 0 radical (unpaired) electrons. The second-order valence-corrected chi connectivity index (χ2v) is 12.1. The SMILES string of the molecule is CC[C@H](C)N(CC(=O)N1CCc2sccc2[C@H]1c1ccccc1)S(=O)(=O)c1cccc2ccccc12. The number of benzene rings is 3. The van der Waals surface area contributed by atoms with E-state index in [0.29, 0.717) is 18.4 Å². The van der Waals surface area contributed by atoms with Gasteiger partial charge < -0.3 is 4.90 Å². The summed E-state index contributed by atoms with van der Waals surface area (Å²) < 4.78 is 29.5. The van der Waals surface area contributed by atoms with Crippen molar-refractivity contribution in [1.82, 2.24) is 9.21 Å². The maximum absolute atomic E-state index is 14.0. The van der Waals surface area contributed by atoms with E-state index in [1.165, 1.54) is 9.18 Å². The van der Waals surface area contributed by atoms with Gasteiger partial charge in [-0.3, -0.25) is 4.79 Å². The largest absolute Gasteiger partial charge is 0.330 e. The Morgan fingerprint density at radius 2 is 1.75 bits per heavy atom. The van der Waals surface area contributed by atoms with Gasteiger partial charge in [-0.2, -0.15) is 4.31 Å². The number of nitrogens with zero attached hydrogens (tertiary/aromatic N) is 2. The van der Waals surface area contributed by atoms with Crippen LogP contribution in [0.15, 0.2) is 89.1 Å². The summed E-state index contributed by atoms with van der Waals surface area (Å²) in [6.07, 6.45) is 1.38. The number of fused-ring (bicyclic) bond motifs is 2. The van der Waals surface area contributed by atoms with Gasteiger partial charge in [-0.25, -0.2) is 8.42 Å². The van der Waals surface area contributed by atoms with E-state index in [0.717, 1.165) is 22.9 Å². The molecule has 36 heavy (non-hydrogen) atoms. The second kappa shape index (κ2) is 10.2. The van der Waals surface area contributed by atoms with E-state index in [-0.39, 0.29) is 29.4 Å². The molecule has 1 aromatic heterocycles. The first-order valence-electron chi connectivity index (χ1n) is 12.3. The molecule has 0 spiro atoms. The molecule has 186 valence electrons. The van der Waals surface area contributed by atoms with Crippen LogP contribution in [-0.4, -0.2) is 42.7 Å². The maximum Gasteiger partial charge on any atom is 0.244 e. The van der Waals surface area contributed by atoms with Crippen molar-refractivity contribution in [3.05, 3.63) is 100 Å². The van der Waals surface area contributed by atoms with Crippen LogP contribution >= 0.6 is 11.3 Å². The Morgan fingerprint density at radius 3 is 2.53 bits per heavy atom. The van der Waals surface area contributed by atoms with Crippen LogP contribution in [0.25, 0.3) is 10.8 Å². The van der Waals surface area contributed by atoms with E-state index in [1.807, 2.05) is 79.4 Å². The van der Waals surface area contributed by atoms with E-state index in [1.54, 1.807) is 23.5 Å². The van der Waals surface area contributed by atoms with Crippen LogP contribution in [0.4, 0.5) is 0 Å². The average Bonchev–Trinajstić information content (AvgIpc) is 3.39. The zero-order valence-corrected chi connectivity index (χ0v) is 22.1. The molecule has 7 heteroatoms. The van der Waals surface area contributed by atoms with Crippen LogP contribution < -0.4 is 0 Å². The third-order valence-corrected chi connectivity index (χ3v) is 10.1. The summed E-state index contributed by atoms with van der Waals surface area (Å²) >= 11 is 1.72. The highest BCUT2D eigenvalue weighted by Gasteiger charge is 2.37. The number of carbonyl (C=O) groups excluding carboxylic acids is 1. The fourth-order valence-corrected chi connectivity index (χ4v) is 7.81.